The van der Waals surface area contributed by atoms with Crippen molar-refractivity contribution in [2.24, 2.45) is 0 Å². The van der Waals surface area contributed by atoms with Gasteiger partial charge < -0.3 is 5.32 Å². The van der Waals surface area contributed by atoms with Crippen molar-refractivity contribution in [1.82, 2.24) is 20.2 Å². The summed E-state index contributed by atoms with van der Waals surface area (Å²) in [6.45, 7) is 3.89. The number of benzene rings is 2. The molecule has 0 unspecified atom stereocenters. The molecule has 1 amide bonds. The molecule has 6 nitrogen and oxygen atoms in total. The lowest BCUT2D eigenvalue weighted by Gasteiger charge is -2.16. The number of aryl methyl sites for hydroxylation is 2. The Morgan fingerprint density at radius 2 is 1.88 bits per heavy atom. The summed E-state index contributed by atoms with van der Waals surface area (Å²) >= 11 is 0. The van der Waals surface area contributed by atoms with E-state index >= 15 is 0 Å². The fourth-order valence-electron chi connectivity index (χ4n) is 3.08. The lowest BCUT2D eigenvalue weighted by molar-refractivity contribution is -0.118. The number of tetrazole rings is 1. The van der Waals surface area contributed by atoms with Gasteiger partial charge in [-0.3, -0.25) is 4.79 Å². The van der Waals surface area contributed by atoms with E-state index in [1.807, 2.05) is 31.2 Å². The van der Waals surface area contributed by atoms with Crippen molar-refractivity contribution in [3.63, 3.8) is 0 Å². The Morgan fingerprint density at radius 3 is 2.52 bits per heavy atom. The molecule has 0 aliphatic heterocycles. The molecule has 25 heavy (non-hydrogen) atoms. The van der Waals surface area contributed by atoms with Crippen molar-refractivity contribution in [2.45, 2.75) is 32.1 Å². The molecule has 0 saturated heterocycles. The van der Waals surface area contributed by atoms with E-state index in [-0.39, 0.29) is 5.91 Å². The van der Waals surface area contributed by atoms with Gasteiger partial charge in [0.15, 0.2) is 5.82 Å². The minimum atomic E-state index is -0.394. The van der Waals surface area contributed by atoms with E-state index in [4.69, 9.17) is 0 Å². The average molecular weight is 333 g/mol. The summed E-state index contributed by atoms with van der Waals surface area (Å²) in [6.07, 6.45) is 1.77. The SMILES string of the molecule is Cc1ccc(C2(C(=O)Nc3cccc(-n4nnnc4C)c3)CC2)cc1. The summed E-state index contributed by atoms with van der Waals surface area (Å²) in [5, 5.41) is 14.6. The van der Waals surface area contributed by atoms with Gasteiger partial charge in [-0.1, -0.05) is 35.9 Å². The highest BCUT2D eigenvalue weighted by molar-refractivity contribution is 6.01. The molecule has 0 radical (unpaired) electrons. The van der Waals surface area contributed by atoms with Crippen LogP contribution in [-0.4, -0.2) is 26.1 Å². The van der Waals surface area contributed by atoms with E-state index in [1.165, 1.54) is 5.56 Å². The van der Waals surface area contributed by atoms with Gasteiger partial charge in [0, 0.05) is 5.69 Å². The van der Waals surface area contributed by atoms with Crippen LogP contribution in [0.5, 0.6) is 0 Å². The molecule has 1 N–H and O–H groups in total. The molecule has 1 aromatic heterocycles. The molecule has 3 aromatic rings. The van der Waals surface area contributed by atoms with E-state index in [2.05, 4.69) is 52.0 Å². The summed E-state index contributed by atoms with van der Waals surface area (Å²) in [4.78, 5) is 12.9. The topological polar surface area (TPSA) is 72.7 Å². The van der Waals surface area contributed by atoms with E-state index in [0.717, 1.165) is 29.8 Å². The van der Waals surface area contributed by atoms with Gasteiger partial charge in [-0.2, -0.15) is 4.68 Å². The molecule has 1 aliphatic rings. The number of carbonyl (C=O) groups is 1. The second-order valence-electron chi connectivity index (χ2n) is 6.59. The number of amides is 1. The van der Waals surface area contributed by atoms with Crippen molar-refractivity contribution in [2.75, 3.05) is 5.32 Å². The molecule has 4 rings (SSSR count). The van der Waals surface area contributed by atoms with Crippen molar-refractivity contribution in [3.8, 4) is 5.69 Å². The monoisotopic (exact) mass is 333 g/mol. The maximum atomic E-state index is 12.9. The zero-order valence-corrected chi connectivity index (χ0v) is 14.2. The van der Waals surface area contributed by atoms with Crippen LogP contribution in [0.4, 0.5) is 5.69 Å². The molecular weight excluding hydrogens is 314 g/mol. The lowest BCUT2D eigenvalue weighted by Crippen LogP contribution is -2.27. The molecule has 1 saturated carbocycles. The molecule has 2 aromatic carbocycles. The van der Waals surface area contributed by atoms with Gasteiger partial charge in [0.1, 0.15) is 0 Å². The Morgan fingerprint density at radius 1 is 1.12 bits per heavy atom. The van der Waals surface area contributed by atoms with Crippen molar-refractivity contribution < 1.29 is 4.79 Å². The lowest BCUT2D eigenvalue weighted by atomic mass is 9.94. The molecule has 1 heterocycles. The van der Waals surface area contributed by atoms with Crippen LogP contribution in [0.15, 0.2) is 48.5 Å². The van der Waals surface area contributed by atoms with E-state index in [0.29, 0.717) is 5.82 Å². The normalized spacial score (nSPS) is 15.0. The van der Waals surface area contributed by atoms with Crippen LogP contribution in [-0.2, 0) is 10.2 Å². The number of rotatable bonds is 4. The zero-order chi connectivity index (χ0) is 17.4. The number of nitrogens with one attached hydrogen (secondary N) is 1. The molecule has 0 spiro atoms. The third kappa shape index (κ3) is 2.80. The second-order valence-corrected chi connectivity index (χ2v) is 6.59. The van der Waals surface area contributed by atoms with E-state index in [9.17, 15) is 4.79 Å². The van der Waals surface area contributed by atoms with Crippen molar-refractivity contribution >= 4 is 11.6 Å². The number of hydrogen-bond acceptors (Lipinski definition) is 4. The largest absolute Gasteiger partial charge is 0.325 e. The number of hydrogen-bond donors (Lipinski definition) is 1. The highest BCUT2D eigenvalue weighted by Crippen LogP contribution is 2.49. The highest BCUT2D eigenvalue weighted by atomic mass is 16.2. The minimum Gasteiger partial charge on any atom is -0.325 e. The van der Waals surface area contributed by atoms with Gasteiger partial charge >= 0.3 is 0 Å². The highest BCUT2D eigenvalue weighted by Gasteiger charge is 2.51. The summed E-state index contributed by atoms with van der Waals surface area (Å²) < 4.78 is 1.64. The molecule has 1 aliphatic carbocycles. The standard InChI is InChI=1S/C19H19N5O/c1-13-6-8-15(9-7-13)19(10-11-19)18(25)20-16-4-3-5-17(12-16)24-14(2)21-22-23-24/h3-9,12H,10-11H2,1-2H3,(H,20,25). The van der Waals surface area contributed by atoms with Crippen LogP contribution < -0.4 is 5.32 Å². The first-order chi connectivity index (χ1) is 12.1. The van der Waals surface area contributed by atoms with Crippen LogP contribution in [0.2, 0.25) is 0 Å². The van der Waals surface area contributed by atoms with Gasteiger partial charge in [-0.15, -0.1) is 5.10 Å². The predicted octanol–water partition coefficient (Wildman–Crippen LogP) is 2.95. The number of anilines is 1. The Hall–Kier alpha value is -3.02. The van der Waals surface area contributed by atoms with Gasteiger partial charge in [-0.25, -0.2) is 0 Å². The molecule has 1 fully saturated rings. The van der Waals surface area contributed by atoms with Crippen molar-refractivity contribution in [1.29, 1.82) is 0 Å². The summed E-state index contributed by atoms with van der Waals surface area (Å²) in [6, 6.07) is 15.8. The zero-order valence-electron chi connectivity index (χ0n) is 14.2. The fraction of sp³-hybridized carbons (Fsp3) is 0.263. The smallest absolute Gasteiger partial charge is 0.235 e. The Bertz CT molecular complexity index is 925. The van der Waals surface area contributed by atoms with Crippen LogP contribution in [0.3, 0.4) is 0 Å². The Labute approximate surface area is 145 Å². The maximum absolute atomic E-state index is 12.9. The first-order valence-corrected chi connectivity index (χ1v) is 8.32. The van der Waals surface area contributed by atoms with Gasteiger partial charge in [0.2, 0.25) is 5.91 Å². The summed E-state index contributed by atoms with van der Waals surface area (Å²) in [5.74, 6) is 0.740. The summed E-state index contributed by atoms with van der Waals surface area (Å²) in [5.41, 5.74) is 3.46. The Kier molecular flexibility index (Phi) is 3.60. The van der Waals surface area contributed by atoms with Gasteiger partial charge in [-0.05, 0) is 60.9 Å². The fourth-order valence-corrected chi connectivity index (χ4v) is 3.08. The quantitative estimate of drug-likeness (QED) is 0.797. The van der Waals surface area contributed by atoms with E-state index < -0.39 is 5.41 Å². The molecule has 0 atom stereocenters. The molecular formula is C19H19N5O. The third-order valence-electron chi connectivity index (χ3n) is 4.76. The third-order valence-corrected chi connectivity index (χ3v) is 4.76. The number of nitrogens with zero attached hydrogens (tertiary/aromatic N) is 4. The van der Waals surface area contributed by atoms with Gasteiger partial charge in [0.05, 0.1) is 11.1 Å². The Balaban J connectivity index is 1.57. The number of aromatic nitrogens is 4. The van der Waals surface area contributed by atoms with E-state index in [1.54, 1.807) is 4.68 Å². The first-order valence-electron chi connectivity index (χ1n) is 8.32. The first kappa shape index (κ1) is 15.5. The van der Waals surface area contributed by atoms with Crippen molar-refractivity contribution in [3.05, 3.63) is 65.5 Å². The predicted molar refractivity (Wildman–Crippen MR) is 94.6 cm³/mol. The van der Waals surface area contributed by atoms with Crippen LogP contribution in [0, 0.1) is 13.8 Å². The second kappa shape index (κ2) is 5.81. The molecule has 126 valence electrons. The number of carbonyl (C=O) groups excluding carboxylic acids is 1. The van der Waals surface area contributed by atoms with Crippen LogP contribution in [0.25, 0.3) is 5.69 Å². The average Bonchev–Trinajstić information content (AvgIpc) is 3.31. The van der Waals surface area contributed by atoms with Gasteiger partial charge in [0.25, 0.3) is 0 Å². The van der Waals surface area contributed by atoms with Crippen LogP contribution >= 0.6 is 0 Å². The minimum absolute atomic E-state index is 0.0435. The van der Waals surface area contributed by atoms with Crippen LogP contribution in [0.1, 0.15) is 29.8 Å². The maximum Gasteiger partial charge on any atom is 0.235 e. The molecule has 6 heteroatoms. The molecule has 0 bridgehead atoms. The summed E-state index contributed by atoms with van der Waals surface area (Å²) in [7, 11) is 0.